The van der Waals surface area contributed by atoms with Crippen LogP contribution in [0.15, 0.2) is 11.6 Å². The molecule has 56 valence electrons. The Bertz CT molecular complexity index is 183. The summed E-state index contributed by atoms with van der Waals surface area (Å²) >= 11 is 0. The first-order valence-electron chi connectivity index (χ1n) is 4.03. The highest BCUT2D eigenvalue weighted by Crippen LogP contribution is 2.51. The van der Waals surface area contributed by atoms with E-state index in [1.165, 1.54) is 12.8 Å². The zero-order chi connectivity index (χ0) is 7.19. The van der Waals surface area contributed by atoms with Gasteiger partial charge in [-0.1, -0.05) is 18.6 Å². The molecule has 10 heavy (non-hydrogen) atoms. The molecule has 2 aliphatic rings. The number of hydrogen-bond acceptors (Lipinski definition) is 1. The zero-order valence-electron chi connectivity index (χ0n) is 6.43. The van der Waals surface area contributed by atoms with E-state index in [1.54, 1.807) is 5.57 Å². The molecule has 2 unspecified atom stereocenters. The Labute approximate surface area is 61.8 Å². The van der Waals surface area contributed by atoms with Gasteiger partial charge in [0.2, 0.25) is 0 Å². The zero-order valence-corrected chi connectivity index (χ0v) is 6.43. The molecule has 1 nitrogen and oxygen atoms in total. The molecule has 0 saturated heterocycles. The first-order valence-corrected chi connectivity index (χ1v) is 4.03. The van der Waals surface area contributed by atoms with Gasteiger partial charge in [-0.15, -0.1) is 0 Å². The van der Waals surface area contributed by atoms with Crippen molar-refractivity contribution in [3.63, 3.8) is 0 Å². The number of hydrogen-bond donors (Lipinski definition) is 1. The van der Waals surface area contributed by atoms with Gasteiger partial charge in [-0.2, -0.15) is 0 Å². The first-order chi connectivity index (χ1) is 4.74. The largest absolute Gasteiger partial charge is 0.396 e. The fourth-order valence-electron chi connectivity index (χ4n) is 2.32. The summed E-state index contributed by atoms with van der Waals surface area (Å²) in [5.74, 6) is 0.757. The first kappa shape index (κ1) is 6.41. The van der Waals surface area contributed by atoms with Crippen molar-refractivity contribution in [2.45, 2.75) is 26.2 Å². The molecular formula is C9H14O. The highest BCUT2D eigenvalue weighted by atomic mass is 16.3. The van der Waals surface area contributed by atoms with Gasteiger partial charge in [0.15, 0.2) is 0 Å². The fraction of sp³-hybridized carbons (Fsp3) is 0.778. The van der Waals surface area contributed by atoms with Crippen molar-refractivity contribution < 1.29 is 5.11 Å². The van der Waals surface area contributed by atoms with Crippen LogP contribution in [-0.4, -0.2) is 11.7 Å². The smallest absolute Gasteiger partial charge is 0.0490 e. The highest BCUT2D eigenvalue weighted by molar-refractivity contribution is 5.21. The monoisotopic (exact) mass is 138 g/mol. The Hall–Kier alpha value is -0.300. The molecule has 1 heteroatoms. The molecule has 0 aromatic rings. The molecule has 1 fully saturated rings. The predicted octanol–water partition coefficient (Wildman–Crippen LogP) is 1.73. The number of aliphatic hydroxyl groups is 1. The van der Waals surface area contributed by atoms with Gasteiger partial charge in [0.1, 0.15) is 0 Å². The maximum Gasteiger partial charge on any atom is 0.0490 e. The van der Waals surface area contributed by atoms with Crippen molar-refractivity contribution in [3.8, 4) is 0 Å². The van der Waals surface area contributed by atoms with Crippen LogP contribution in [0.5, 0.6) is 0 Å². The van der Waals surface area contributed by atoms with Crippen molar-refractivity contribution in [3.05, 3.63) is 11.6 Å². The Balaban J connectivity index is 2.23. The van der Waals surface area contributed by atoms with E-state index in [2.05, 4.69) is 13.0 Å². The van der Waals surface area contributed by atoms with Crippen LogP contribution in [0.25, 0.3) is 0 Å². The van der Waals surface area contributed by atoms with Crippen LogP contribution >= 0.6 is 0 Å². The lowest BCUT2D eigenvalue weighted by Gasteiger charge is -2.29. The molecule has 1 saturated carbocycles. The summed E-state index contributed by atoms with van der Waals surface area (Å²) in [6.45, 7) is 2.58. The Kier molecular flexibility index (Phi) is 1.19. The number of fused-ring (bicyclic) bond motifs is 2. The highest BCUT2D eigenvalue weighted by Gasteiger charge is 2.42. The molecule has 0 amide bonds. The topological polar surface area (TPSA) is 20.2 Å². The van der Waals surface area contributed by atoms with Crippen LogP contribution < -0.4 is 0 Å². The van der Waals surface area contributed by atoms with Crippen LogP contribution in [0.1, 0.15) is 26.2 Å². The minimum absolute atomic E-state index is 0.240. The number of aliphatic hydroxyl groups excluding tert-OH is 1. The van der Waals surface area contributed by atoms with E-state index in [0.717, 1.165) is 12.3 Å². The van der Waals surface area contributed by atoms with E-state index in [0.29, 0.717) is 6.61 Å². The SMILES string of the molecule is CC1(CO)CC2=CCC1C2. The molecule has 2 bridgehead atoms. The summed E-state index contributed by atoms with van der Waals surface area (Å²) in [7, 11) is 0. The third kappa shape index (κ3) is 0.671. The normalized spacial score (nSPS) is 44.2. The van der Waals surface area contributed by atoms with E-state index in [1.807, 2.05) is 0 Å². The fourth-order valence-corrected chi connectivity index (χ4v) is 2.32. The van der Waals surface area contributed by atoms with Gasteiger partial charge in [-0.3, -0.25) is 0 Å². The second-order valence-electron chi connectivity index (χ2n) is 3.99. The number of allylic oxidation sites excluding steroid dienone is 2. The van der Waals surface area contributed by atoms with Crippen molar-refractivity contribution in [2.24, 2.45) is 11.3 Å². The van der Waals surface area contributed by atoms with Gasteiger partial charge in [0, 0.05) is 6.61 Å². The van der Waals surface area contributed by atoms with E-state index in [4.69, 9.17) is 5.11 Å². The Morgan fingerprint density at radius 3 is 2.90 bits per heavy atom. The Morgan fingerprint density at radius 2 is 2.60 bits per heavy atom. The second kappa shape index (κ2) is 1.85. The maximum atomic E-state index is 9.12. The van der Waals surface area contributed by atoms with Gasteiger partial charge < -0.3 is 5.11 Å². The standard InChI is InChI=1S/C9H14O/c1-9(6-10)5-7-2-3-8(9)4-7/h2,8,10H,3-6H2,1H3. The van der Waals surface area contributed by atoms with Crippen LogP contribution in [0.2, 0.25) is 0 Å². The minimum atomic E-state index is 0.240. The van der Waals surface area contributed by atoms with Gasteiger partial charge in [0.25, 0.3) is 0 Å². The lowest BCUT2D eigenvalue weighted by molar-refractivity contribution is 0.102. The van der Waals surface area contributed by atoms with E-state index < -0.39 is 0 Å². The molecule has 1 N–H and O–H groups in total. The Morgan fingerprint density at radius 1 is 1.80 bits per heavy atom. The van der Waals surface area contributed by atoms with Crippen LogP contribution in [0.3, 0.4) is 0 Å². The van der Waals surface area contributed by atoms with Crippen LogP contribution in [-0.2, 0) is 0 Å². The van der Waals surface area contributed by atoms with E-state index >= 15 is 0 Å². The predicted molar refractivity (Wildman–Crippen MR) is 40.6 cm³/mol. The second-order valence-corrected chi connectivity index (χ2v) is 3.99. The lowest BCUT2D eigenvalue weighted by atomic mass is 9.77. The van der Waals surface area contributed by atoms with E-state index in [-0.39, 0.29) is 5.41 Å². The molecule has 2 rings (SSSR count). The number of rotatable bonds is 1. The van der Waals surface area contributed by atoms with Gasteiger partial charge in [-0.05, 0) is 30.6 Å². The van der Waals surface area contributed by atoms with Crippen molar-refractivity contribution in [1.82, 2.24) is 0 Å². The summed E-state index contributed by atoms with van der Waals surface area (Å²) in [5, 5.41) is 9.12. The van der Waals surface area contributed by atoms with E-state index in [9.17, 15) is 0 Å². The molecule has 2 aliphatic carbocycles. The molecule has 0 aromatic carbocycles. The molecule has 0 aromatic heterocycles. The summed E-state index contributed by atoms with van der Waals surface area (Å²) < 4.78 is 0. The third-order valence-electron chi connectivity index (χ3n) is 3.18. The van der Waals surface area contributed by atoms with Gasteiger partial charge >= 0.3 is 0 Å². The average molecular weight is 138 g/mol. The summed E-state index contributed by atoms with van der Waals surface area (Å²) in [6.07, 6.45) is 5.97. The molecule has 0 spiro atoms. The summed E-state index contributed by atoms with van der Waals surface area (Å²) in [5.41, 5.74) is 1.82. The molecule has 0 heterocycles. The molecule has 2 atom stereocenters. The quantitative estimate of drug-likeness (QED) is 0.547. The van der Waals surface area contributed by atoms with Crippen molar-refractivity contribution in [1.29, 1.82) is 0 Å². The van der Waals surface area contributed by atoms with Crippen LogP contribution in [0.4, 0.5) is 0 Å². The van der Waals surface area contributed by atoms with Crippen molar-refractivity contribution in [2.75, 3.05) is 6.61 Å². The average Bonchev–Trinajstić information content (AvgIpc) is 2.46. The molecular weight excluding hydrogens is 124 g/mol. The summed E-state index contributed by atoms with van der Waals surface area (Å²) in [4.78, 5) is 0. The summed E-state index contributed by atoms with van der Waals surface area (Å²) in [6, 6.07) is 0. The van der Waals surface area contributed by atoms with Gasteiger partial charge in [-0.25, -0.2) is 0 Å². The lowest BCUT2D eigenvalue weighted by Crippen LogP contribution is -2.26. The molecule has 0 radical (unpaired) electrons. The van der Waals surface area contributed by atoms with Crippen molar-refractivity contribution >= 4 is 0 Å². The third-order valence-corrected chi connectivity index (χ3v) is 3.18. The van der Waals surface area contributed by atoms with Crippen LogP contribution in [0, 0.1) is 11.3 Å². The minimum Gasteiger partial charge on any atom is -0.396 e. The van der Waals surface area contributed by atoms with Gasteiger partial charge in [0.05, 0.1) is 0 Å². The maximum absolute atomic E-state index is 9.12. The molecule has 0 aliphatic heterocycles.